The van der Waals surface area contributed by atoms with Gasteiger partial charge in [0.25, 0.3) is 0 Å². The van der Waals surface area contributed by atoms with Crippen LogP contribution in [0.4, 0.5) is 0 Å². The molecule has 2 rings (SSSR count). The van der Waals surface area contributed by atoms with Crippen molar-refractivity contribution in [1.29, 1.82) is 0 Å². The van der Waals surface area contributed by atoms with Crippen molar-refractivity contribution in [2.75, 3.05) is 5.75 Å². The average Bonchev–Trinajstić information content (AvgIpc) is 2.86. The van der Waals surface area contributed by atoms with Gasteiger partial charge in [0.05, 0.1) is 11.7 Å². The fraction of sp³-hybridized carbons (Fsp3) is 0.500. The van der Waals surface area contributed by atoms with Crippen molar-refractivity contribution in [2.45, 2.75) is 44.0 Å². The number of carboxylic acids is 1. The summed E-state index contributed by atoms with van der Waals surface area (Å²) in [7, 11) is 0. The van der Waals surface area contributed by atoms with E-state index in [9.17, 15) is 9.59 Å². The van der Waals surface area contributed by atoms with Crippen LogP contribution in [0.3, 0.4) is 0 Å². The van der Waals surface area contributed by atoms with Gasteiger partial charge in [0.15, 0.2) is 0 Å². The normalized spacial score (nSPS) is 21.2. The Morgan fingerprint density at radius 2 is 2.10 bits per heavy atom. The van der Waals surface area contributed by atoms with Gasteiger partial charge in [-0.3, -0.25) is 9.59 Å². The van der Waals surface area contributed by atoms with Crippen molar-refractivity contribution in [3.05, 3.63) is 29.3 Å². The number of aryl methyl sites for hydroxylation is 2. The minimum Gasteiger partial charge on any atom is -0.481 e. The third-order valence-electron chi connectivity index (χ3n) is 3.84. The summed E-state index contributed by atoms with van der Waals surface area (Å²) >= 11 is 1.53. The summed E-state index contributed by atoms with van der Waals surface area (Å²) in [6, 6.07) is 6.20. The molecule has 0 aliphatic heterocycles. The number of benzene rings is 1. The molecule has 1 aliphatic carbocycles. The van der Waals surface area contributed by atoms with E-state index < -0.39 is 5.97 Å². The maximum Gasteiger partial charge on any atom is 0.306 e. The molecule has 0 bridgehead atoms. The number of nitrogens with one attached hydrogen (secondary N) is 1. The number of carboxylic acid groups (broad SMARTS) is 1. The van der Waals surface area contributed by atoms with Crippen molar-refractivity contribution in [3.8, 4) is 0 Å². The number of aliphatic carboxylic acids is 1. The Labute approximate surface area is 129 Å². The van der Waals surface area contributed by atoms with Crippen LogP contribution < -0.4 is 5.32 Å². The van der Waals surface area contributed by atoms with Crippen molar-refractivity contribution in [2.24, 2.45) is 5.92 Å². The third-order valence-corrected chi connectivity index (χ3v) is 5.01. The molecule has 21 heavy (non-hydrogen) atoms. The first-order chi connectivity index (χ1) is 9.95. The lowest BCUT2D eigenvalue weighted by Gasteiger charge is -2.12. The van der Waals surface area contributed by atoms with Crippen LogP contribution in [0, 0.1) is 19.8 Å². The summed E-state index contributed by atoms with van der Waals surface area (Å²) in [5, 5.41) is 11.9. The molecule has 1 aliphatic rings. The molecule has 2 atom stereocenters. The summed E-state index contributed by atoms with van der Waals surface area (Å²) in [5.74, 6) is -0.701. The highest BCUT2D eigenvalue weighted by molar-refractivity contribution is 8.00. The Kier molecular flexibility index (Phi) is 5.28. The number of amides is 1. The number of hydrogen-bond donors (Lipinski definition) is 2. The Morgan fingerprint density at radius 3 is 2.71 bits per heavy atom. The maximum absolute atomic E-state index is 11.9. The molecule has 0 spiro atoms. The van der Waals surface area contributed by atoms with Crippen molar-refractivity contribution < 1.29 is 14.7 Å². The second-order valence-corrected chi connectivity index (χ2v) is 6.69. The molecule has 0 heterocycles. The number of rotatable bonds is 5. The van der Waals surface area contributed by atoms with Gasteiger partial charge in [-0.25, -0.2) is 0 Å². The Bertz CT molecular complexity index is 544. The average molecular weight is 307 g/mol. The molecule has 114 valence electrons. The highest BCUT2D eigenvalue weighted by atomic mass is 32.2. The molecule has 5 heteroatoms. The largest absolute Gasteiger partial charge is 0.481 e. The van der Waals surface area contributed by atoms with E-state index in [1.807, 2.05) is 26.0 Å². The fourth-order valence-corrected chi connectivity index (χ4v) is 3.53. The number of hydrogen-bond acceptors (Lipinski definition) is 3. The van der Waals surface area contributed by atoms with Crippen molar-refractivity contribution >= 4 is 23.6 Å². The van der Waals surface area contributed by atoms with Gasteiger partial charge in [-0.2, -0.15) is 0 Å². The van der Waals surface area contributed by atoms with E-state index in [2.05, 4.69) is 11.4 Å². The molecule has 0 unspecified atom stereocenters. The second-order valence-electron chi connectivity index (χ2n) is 5.67. The molecule has 1 fully saturated rings. The molecular weight excluding hydrogens is 286 g/mol. The zero-order valence-electron chi connectivity index (χ0n) is 12.4. The Morgan fingerprint density at radius 1 is 1.33 bits per heavy atom. The van der Waals surface area contributed by atoms with Crippen molar-refractivity contribution in [3.63, 3.8) is 0 Å². The first kappa shape index (κ1) is 15.9. The molecule has 1 saturated carbocycles. The Balaban J connectivity index is 1.79. The van der Waals surface area contributed by atoms with Crippen LogP contribution in [-0.4, -0.2) is 28.8 Å². The van der Waals surface area contributed by atoms with Crippen LogP contribution in [0.2, 0.25) is 0 Å². The van der Waals surface area contributed by atoms with Gasteiger partial charge in [0.1, 0.15) is 0 Å². The van der Waals surface area contributed by atoms with Crippen LogP contribution in [0.5, 0.6) is 0 Å². The number of thioether (sulfide) groups is 1. The minimum atomic E-state index is -0.753. The molecule has 2 N–H and O–H groups in total. The lowest BCUT2D eigenvalue weighted by molar-refractivity contribution is -0.141. The second kappa shape index (κ2) is 6.98. The van der Waals surface area contributed by atoms with E-state index in [-0.39, 0.29) is 17.9 Å². The Hall–Kier alpha value is -1.49. The molecule has 1 aromatic carbocycles. The molecule has 0 aromatic heterocycles. The maximum atomic E-state index is 11.9. The highest BCUT2D eigenvalue weighted by Crippen LogP contribution is 2.26. The topological polar surface area (TPSA) is 66.4 Å². The van der Waals surface area contributed by atoms with Gasteiger partial charge in [-0.05, 0) is 44.7 Å². The lowest BCUT2D eigenvalue weighted by atomic mass is 10.1. The van der Waals surface area contributed by atoms with E-state index >= 15 is 0 Å². The summed E-state index contributed by atoms with van der Waals surface area (Å²) < 4.78 is 0. The number of carbonyl (C=O) groups excluding carboxylic acids is 1. The number of carbonyl (C=O) groups is 2. The van der Waals surface area contributed by atoms with Crippen LogP contribution in [0.25, 0.3) is 0 Å². The predicted molar refractivity (Wildman–Crippen MR) is 83.5 cm³/mol. The molecule has 1 amide bonds. The fourth-order valence-electron chi connectivity index (χ4n) is 2.71. The molecular formula is C16H21NO3S. The lowest BCUT2D eigenvalue weighted by Crippen LogP contribution is -2.34. The van der Waals surface area contributed by atoms with E-state index in [0.29, 0.717) is 18.6 Å². The molecule has 4 nitrogen and oxygen atoms in total. The van der Waals surface area contributed by atoms with E-state index in [4.69, 9.17) is 5.11 Å². The van der Waals surface area contributed by atoms with Crippen molar-refractivity contribution in [1.82, 2.24) is 5.32 Å². The van der Waals surface area contributed by atoms with E-state index in [1.54, 1.807) is 0 Å². The third kappa shape index (κ3) is 4.49. The first-order valence-electron chi connectivity index (χ1n) is 7.18. The monoisotopic (exact) mass is 307 g/mol. The summed E-state index contributed by atoms with van der Waals surface area (Å²) in [6.07, 6.45) is 1.97. The van der Waals surface area contributed by atoms with E-state index in [0.717, 1.165) is 11.3 Å². The van der Waals surface area contributed by atoms with Gasteiger partial charge in [0, 0.05) is 10.9 Å². The minimum absolute atomic E-state index is 0.0123. The van der Waals surface area contributed by atoms with Gasteiger partial charge < -0.3 is 10.4 Å². The summed E-state index contributed by atoms with van der Waals surface area (Å²) in [6.45, 7) is 4.09. The summed E-state index contributed by atoms with van der Waals surface area (Å²) in [4.78, 5) is 24.0. The van der Waals surface area contributed by atoms with E-state index in [1.165, 1.54) is 22.9 Å². The smallest absolute Gasteiger partial charge is 0.306 e. The SMILES string of the molecule is Cc1ccc(SCC(=O)N[C@H]2CC[C@@H](C(=O)O)C2)c(C)c1. The quantitative estimate of drug-likeness (QED) is 0.821. The molecule has 1 aromatic rings. The van der Waals surface area contributed by atoms with Crippen LogP contribution in [0.15, 0.2) is 23.1 Å². The van der Waals surface area contributed by atoms with Crippen LogP contribution >= 0.6 is 11.8 Å². The first-order valence-corrected chi connectivity index (χ1v) is 8.16. The predicted octanol–water partition coefficient (Wildman–Crippen LogP) is 2.77. The zero-order chi connectivity index (χ0) is 15.4. The van der Waals surface area contributed by atoms with Gasteiger partial charge >= 0.3 is 5.97 Å². The van der Waals surface area contributed by atoms with Crippen LogP contribution in [-0.2, 0) is 9.59 Å². The molecule has 0 saturated heterocycles. The highest BCUT2D eigenvalue weighted by Gasteiger charge is 2.30. The zero-order valence-corrected chi connectivity index (χ0v) is 13.2. The summed E-state index contributed by atoms with van der Waals surface area (Å²) in [5.41, 5.74) is 2.39. The van der Waals surface area contributed by atoms with Gasteiger partial charge in [-0.1, -0.05) is 17.7 Å². The van der Waals surface area contributed by atoms with Gasteiger partial charge in [0.2, 0.25) is 5.91 Å². The standard InChI is InChI=1S/C16H21NO3S/c1-10-3-6-14(11(2)7-10)21-9-15(18)17-13-5-4-12(8-13)16(19)20/h3,6-7,12-13H,4-5,8-9H2,1-2H3,(H,17,18)(H,19,20)/t12-,13+/m1/s1. The molecule has 0 radical (unpaired) electrons. The van der Waals surface area contributed by atoms with Crippen LogP contribution in [0.1, 0.15) is 30.4 Å². The van der Waals surface area contributed by atoms with Gasteiger partial charge in [-0.15, -0.1) is 11.8 Å².